The number of hydrogen-bond acceptors (Lipinski definition) is 6. The van der Waals surface area contributed by atoms with Crippen molar-refractivity contribution in [2.24, 2.45) is 5.92 Å². The van der Waals surface area contributed by atoms with Gasteiger partial charge in [0, 0.05) is 32.7 Å². The molecular formula is C28H39FN4O4. The molecule has 0 aromatic heterocycles. The molecule has 3 aliphatic rings. The summed E-state index contributed by atoms with van der Waals surface area (Å²) in [4.78, 5) is 30.0. The van der Waals surface area contributed by atoms with Crippen LogP contribution in [0.2, 0.25) is 0 Å². The van der Waals surface area contributed by atoms with Gasteiger partial charge >= 0.3 is 6.09 Å². The molecule has 1 unspecified atom stereocenters. The van der Waals surface area contributed by atoms with Gasteiger partial charge in [-0.1, -0.05) is 12.1 Å². The molecule has 2 amide bonds. The Kier molecular flexibility index (Phi) is 8.39. The predicted molar refractivity (Wildman–Crippen MR) is 136 cm³/mol. The van der Waals surface area contributed by atoms with E-state index in [1.165, 1.54) is 0 Å². The van der Waals surface area contributed by atoms with Gasteiger partial charge in [0.05, 0.1) is 12.7 Å². The molecule has 2 heterocycles. The van der Waals surface area contributed by atoms with Gasteiger partial charge in [0.15, 0.2) is 0 Å². The molecule has 2 saturated heterocycles. The van der Waals surface area contributed by atoms with Crippen molar-refractivity contribution < 1.29 is 23.5 Å². The number of amides is 2. The van der Waals surface area contributed by atoms with Crippen molar-refractivity contribution in [1.82, 2.24) is 15.1 Å². The third kappa shape index (κ3) is 6.42. The first-order chi connectivity index (χ1) is 17.6. The van der Waals surface area contributed by atoms with Crippen LogP contribution in [0.1, 0.15) is 63.5 Å². The van der Waals surface area contributed by atoms with Gasteiger partial charge in [-0.3, -0.25) is 9.69 Å². The summed E-state index contributed by atoms with van der Waals surface area (Å²) in [6, 6.07) is 5.73. The van der Waals surface area contributed by atoms with Gasteiger partial charge in [0.2, 0.25) is 5.91 Å². The molecule has 37 heavy (non-hydrogen) atoms. The van der Waals surface area contributed by atoms with Crippen LogP contribution in [0.5, 0.6) is 0 Å². The highest BCUT2D eigenvalue weighted by atomic mass is 19.1. The average Bonchev–Trinajstić information content (AvgIpc) is 3.58. The molecule has 0 radical (unpaired) electrons. The topological polar surface area (TPSA) is 94.9 Å². The van der Waals surface area contributed by atoms with Crippen LogP contribution in [0, 0.1) is 23.1 Å². The maximum atomic E-state index is 15.1. The van der Waals surface area contributed by atoms with E-state index in [0.29, 0.717) is 12.2 Å². The number of ether oxygens (including phenoxy) is 2. The van der Waals surface area contributed by atoms with Crippen molar-refractivity contribution in [1.29, 1.82) is 5.26 Å². The highest BCUT2D eigenvalue weighted by Gasteiger charge is 2.52. The number of hydrogen-bond donors (Lipinski definition) is 1. The molecule has 0 spiro atoms. The molecule has 4 rings (SSSR count). The number of rotatable bonds is 8. The Morgan fingerprint density at radius 1 is 1.27 bits per heavy atom. The van der Waals surface area contributed by atoms with Crippen LogP contribution in [-0.4, -0.2) is 78.9 Å². The van der Waals surface area contributed by atoms with Gasteiger partial charge in [-0.2, -0.15) is 5.26 Å². The first kappa shape index (κ1) is 27.3. The van der Waals surface area contributed by atoms with E-state index >= 15 is 4.39 Å². The molecule has 1 aromatic rings. The second-order valence-electron chi connectivity index (χ2n) is 11.6. The van der Waals surface area contributed by atoms with Crippen LogP contribution in [-0.2, 0) is 20.7 Å². The molecule has 9 heteroatoms. The highest BCUT2D eigenvalue weighted by Crippen LogP contribution is 2.43. The summed E-state index contributed by atoms with van der Waals surface area (Å²) in [6.07, 6.45) is 3.00. The molecule has 8 nitrogen and oxygen atoms in total. The minimum absolute atomic E-state index is 0.0258. The minimum Gasteiger partial charge on any atom is -0.444 e. The number of halogens is 1. The van der Waals surface area contributed by atoms with Crippen molar-refractivity contribution >= 4 is 12.0 Å². The average molecular weight is 515 g/mol. The smallest absolute Gasteiger partial charge is 0.411 e. The molecule has 3 fully saturated rings. The van der Waals surface area contributed by atoms with Crippen LogP contribution < -0.4 is 5.32 Å². The lowest BCUT2D eigenvalue weighted by atomic mass is 9.95. The highest BCUT2D eigenvalue weighted by molar-refractivity contribution is 5.87. The van der Waals surface area contributed by atoms with Gasteiger partial charge < -0.3 is 19.7 Å². The fourth-order valence-corrected chi connectivity index (χ4v) is 6.02. The largest absolute Gasteiger partial charge is 0.444 e. The molecular weight excluding hydrogens is 475 g/mol. The normalized spacial score (nSPS) is 26.2. The fourth-order valence-electron chi connectivity index (χ4n) is 6.02. The lowest BCUT2D eigenvalue weighted by Crippen LogP contribution is -2.55. The lowest BCUT2D eigenvalue weighted by Gasteiger charge is -2.35. The number of fused-ring (bicyclic) bond motifs is 2. The van der Waals surface area contributed by atoms with Crippen molar-refractivity contribution in [3.63, 3.8) is 0 Å². The maximum Gasteiger partial charge on any atom is 0.411 e. The number of likely N-dealkylation sites (tertiary alicyclic amines) is 2. The molecule has 5 atom stereocenters. The Labute approximate surface area is 219 Å². The number of nitrogens with zero attached hydrogens (tertiary/aromatic N) is 3. The van der Waals surface area contributed by atoms with Gasteiger partial charge in [0.25, 0.3) is 0 Å². The third-order valence-electron chi connectivity index (χ3n) is 7.79. The fraction of sp³-hybridized carbons (Fsp3) is 0.679. The Bertz CT molecular complexity index is 1040. The van der Waals surface area contributed by atoms with Gasteiger partial charge in [-0.15, -0.1) is 0 Å². The van der Waals surface area contributed by atoms with E-state index in [1.807, 2.05) is 6.07 Å². The van der Waals surface area contributed by atoms with Crippen molar-refractivity contribution in [3.8, 4) is 6.07 Å². The van der Waals surface area contributed by atoms with Crippen molar-refractivity contribution in [2.45, 2.75) is 82.5 Å². The zero-order valence-corrected chi connectivity index (χ0v) is 22.3. The minimum atomic E-state index is -0.900. The molecule has 1 N–H and O–H groups in total. The Hall–Kier alpha value is -2.70. The second-order valence-corrected chi connectivity index (χ2v) is 11.6. The molecule has 2 aliphatic heterocycles. The number of nitriles is 1. The van der Waals surface area contributed by atoms with E-state index in [-0.39, 0.29) is 36.0 Å². The molecule has 1 saturated carbocycles. The summed E-state index contributed by atoms with van der Waals surface area (Å²) < 4.78 is 25.8. The van der Waals surface area contributed by atoms with E-state index in [2.05, 4.69) is 16.3 Å². The summed E-state index contributed by atoms with van der Waals surface area (Å²) in [7, 11) is 1.69. The van der Waals surface area contributed by atoms with Crippen LogP contribution in [0.25, 0.3) is 0 Å². The summed E-state index contributed by atoms with van der Waals surface area (Å²) in [5.74, 6) is -0.423. The molecule has 1 aromatic carbocycles. The predicted octanol–water partition coefficient (Wildman–Crippen LogP) is 3.60. The van der Waals surface area contributed by atoms with E-state index < -0.39 is 23.8 Å². The molecule has 202 valence electrons. The Balaban J connectivity index is 1.38. The van der Waals surface area contributed by atoms with E-state index in [9.17, 15) is 14.9 Å². The first-order valence-corrected chi connectivity index (χ1v) is 13.3. The lowest BCUT2D eigenvalue weighted by molar-refractivity contribution is -0.128. The van der Waals surface area contributed by atoms with Gasteiger partial charge in [-0.05, 0) is 82.0 Å². The van der Waals surface area contributed by atoms with Gasteiger partial charge in [0.1, 0.15) is 23.5 Å². The van der Waals surface area contributed by atoms with Crippen molar-refractivity contribution in [2.75, 3.05) is 33.4 Å². The van der Waals surface area contributed by atoms with Crippen LogP contribution in [0.4, 0.5) is 9.18 Å². The second kappa shape index (κ2) is 11.4. The quantitative estimate of drug-likeness (QED) is 0.570. The number of carbonyl (C=O) groups is 2. The zero-order chi connectivity index (χ0) is 26.7. The number of benzene rings is 1. The van der Waals surface area contributed by atoms with Crippen molar-refractivity contribution in [3.05, 3.63) is 35.1 Å². The van der Waals surface area contributed by atoms with Crippen LogP contribution in [0.15, 0.2) is 18.2 Å². The Morgan fingerprint density at radius 3 is 2.73 bits per heavy atom. The molecule has 1 aliphatic carbocycles. The van der Waals surface area contributed by atoms with Gasteiger partial charge in [-0.25, -0.2) is 9.18 Å². The molecule has 2 bridgehead atoms. The number of nitrogens with one attached hydrogen (secondary N) is 1. The van der Waals surface area contributed by atoms with Crippen LogP contribution >= 0.6 is 0 Å². The monoisotopic (exact) mass is 514 g/mol. The van der Waals surface area contributed by atoms with E-state index in [4.69, 9.17) is 9.47 Å². The summed E-state index contributed by atoms with van der Waals surface area (Å²) in [5.41, 5.74) is 0.676. The standard InChI is InChI=1S/C28H39FN4O4/c1-28(2,3)37-27(35)33-23-8-7-20(14-23)25(33)26(34)31-22(16-30)13-19-6-5-18(15-24(19)29)21-9-10-32(17-21)11-12-36-4/h5-6,15,20-23,25H,7-14,17H2,1-4H3,(H,31,34)/t20-,21?,22-,23+,25-/m0/s1. The zero-order valence-electron chi connectivity index (χ0n) is 22.3. The summed E-state index contributed by atoms with van der Waals surface area (Å²) in [6.45, 7) is 8.77. The number of piperidine rings is 1. The Morgan fingerprint density at radius 2 is 2.05 bits per heavy atom. The number of carbonyl (C=O) groups excluding carboxylic acids is 2. The summed E-state index contributed by atoms with van der Waals surface area (Å²) >= 11 is 0. The number of methoxy groups -OCH3 is 1. The van der Waals surface area contributed by atoms with E-state index in [0.717, 1.165) is 50.9 Å². The maximum absolute atomic E-state index is 15.1. The van der Waals surface area contributed by atoms with Crippen LogP contribution in [0.3, 0.4) is 0 Å². The SMILES string of the molecule is COCCN1CCC(c2ccc(C[C@@H](C#N)NC(=O)[C@@H]3[C@H]4CC[C@H](C4)N3C(=O)OC(C)(C)C)c(F)c2)C1. The van der Waals surface area contributed by atoms with E-state index in [1.54, 1.807) is 44.9 Å². The third-order valence-corrected chi connectivity index (χ3v) is 7.79. The summed E-state index contributed by atoms with van der Waals surface area (Å²) in [5, 5.41) is 12.5. The first-order valence-electron chi connectivity index (χ1n) is 13.3.